The number of hydrogen-bond donors (Lipinski definition) is 0. The van der Waals surface area contributed by atoms with Crippen molar-refractivity contribution < 1.29 is 14.1 Å². The molecule has 0 aliphatic carbocycles. The summed E-state index contributed by atoms with van der Waals surface area (Å²) in [5, 5.41) is 3.67. The number of nitrogens with zero attached hydrogens (tertiary/aromatic N) is 2. The van der Waals surface area contributed by atoms with E-state index < -0.39 is 5.97 Å². The summed E-state index contributed by atoms with van der Waals surface area (Å²) in [5.74, 6) is -0.440. The molecule has 0 atom stereocenters. The van der Waals surface area contributed by atoms with Gasteiger partial charge in [0.05, 0.1) is 15.8 Å². The highest BCUT2D eigenvalue weighted by Gasteiger charge is 2.17. The summed E-state index contributed by atoms with van der Waals surface area (Å²) >= 11 is 7.08. The molecule has 0 aliphatic heterocycles. The predicted octanol–water partition coefficient (Wildman–Crippen LogP) is 2.63. The van der Waals surface area contributed by atoms with Gasteiger partial charge in [0.1, 0.15) is 0 Å². The van der Waals surface area contributed by atoms with Gasteiger partial charge in [-0.2, -0.15) is 4.98 Å². The van der Waals surface area contributed by atoms with Crippen LogP contribution in [0.2, 0.25) is 4.34 Å². The normalized spacial score (nSPS) is 10.4. The van der Waals surface area contributed by atoms with Crippen molar-refractivity contribution in [2.45, 2.75) is 6.92 Å². The summed E-state index contributed by atoms with van der Waals surface area (Å²) in [7, 11) is 0. The predicted molar refractivity (Wildman–Crippen MR) is 58.6 cm³/mol. The van der Waals surface area contributed by atoms with Crippen molar-refractivity contribution in [3.8, 4) is 10.7 Å². The van der Waals surface area contributed by atoms with Crippen molar-refractivity contribution in [3.63, 3.8) is 0 Å². The van der Waals surface area contributed by atoms with Crippen molar-refractivity contribution >= 4 is 28.9 Å². The number of ether oxygens (including phenoxy) is 1. The number of carbonyl (C=O) groups excluding carboxylic acids is 1. The topological polar surface area (TPSA) is 65.2 Å². The molecule has 0 saturated carbocycles. The van der Waals surface area contributed by atoms with Gasteiger partial charge in [-0.3, -0.25) is 0 Å². The Balaban J connectivity index is 2.22. The van der Waals surface area contributed by atoms with Crippen LogP contribution in [0.15, 0.2) is 16.7 Å². The first kappa shape index (κ1) is 11.1. The summed E-state index contributed by atoms with van der Waals surface area (Å²) in [5.41, 5.74) is 0. The highest BCUT2D eigenvalue weighted by Crippen LogP contribution is 2.28. The maximum Gasteiger partial charge on any atom is 0.397 e. The molecule has 2 aromatic heterocycles. The fraction of sp³-hybridized carbons (Fsp3) is 0.222. The third kappa shape index (κ3) is 2.23. The number of esters is 1. The Morgan fingerprint density at radius 3 is 3.06 bits per heavy atom. The molecule has 0 N–H and O–H groups in total. The molecule has 0 aromatic carbocycles. The van der Waals surface area contributed by atoms with Gasteiger partial charge in [-0.25, -0.2) is 4.79 Å². The second kappa shape index (κ2) is 4.63. The summed E-state index contributed by atoms with van der Waals surface area (Å²) in [6.07, 6.45) is 0. The summed E-state index contributed by atoms with van der Waals surface area (Å²) in [6.45, 7) is 1.97. The number of aromatic nitrogens is 2. The lowest BCUT2D eigenvalue weighted by Gasteiger charge is -1.93. The standard InChI is InChI=1S/C9H7ClN2O3S/c1-2-14-9(13)8-11-7(12-15-8)5-3-4-6(10)16-5/h3-4H,2H2,1H3. The van der Waals surface area contributed by atoms with Gasteiger partial charge in [-0.15, -0.1) is 11.3 Å². The average molecular weight is 259 g/mol. The van der Waals surface area contributed by atoms with Gasteiger partial charge < -0.3 is 9.26 Å². The number of thiophene rings is 1. The van der Waals surface area contributed by atoms with Crippen LogP contribution in [0.3, 0.4) is 0 Å². The molecule has 0 saturated heterocycles. The molecule has 2 heterocycles. The van der Waals surface area contributed by atoms with Crippen LogP contribution in [0.25, 0.3) is 10.7 Å². The molecule has 0 unspecified atom stereocenters. The largest absolute Gasteiger partial charge is 0.459 e. The van der Waals surface area contributed by atoms with Crippen LogP contribution >= 0.6 is 22.9 Å². The minimum atomic E-state index is -0.621. The summed E-state index contributed by atoms with van der Waals surface area (Å²) in [4.78, 5) is 15.9. The highest BCUT2D eigenvalue weighted by atomic mass is 35.5. The Kier molecular flexibility index (Phi) is 3.21. The second-order valence-corrected chi connectivity index (χ2v) is 4.46. The zero-order valence-electron chi connectivity index (χ0n) is 8.27. The summed E-state index contributed by atoms with van der Waals surface area (Å²) < 4.78 is 10.1. The van der Waals surface area contributed by atoms with Crippen molar-refractivity contribution in [2.75, 3.05) is 6.61 Å². The number of hydrogen-bond acceptors (Lipinski definition) is 6. The van der Waals surface area contributed by atoms with E-state index in [1.807, 2.05) is 0 Å². The Bertz CT molecular complexity index is 508. The fourth-order valence-electron chi connectivity index (χ4n) is 1.03. The van der Waals surface area contributed by atoms with E-state index in [2.05, 4.69) is 10.1 Å². The van der Waals surface area contributed by atoms with Crippen LogP contribution in [-0.4, -0.2) is 22.7 Å². The van der Waals surface area contributed by atoms with Crippen LogP contribution < -0.4 is 0 Å². The molecule has 84 valence electrons. The average Bonchev–Trinajstić information content (AvgIpc) is 2.85. The number of carbonyl (C=O) groups is 1. The molecule has 2 aromatic rings. The van der Waals surface area contributed by atoms with Gasteiger partial charge in [-0.1, -0.05) is 16.8 Å². The van der Waals surface area contributed by atoms with E-state index in [0.29, 0.717) is 10.2 Å². The third-order valence-electron chi connectivity index (χ3n) is 1.67. The van der Waals surface area contributed by atoms with Gasteiger partial charge in [0.25, 0.3) is 0 Å². The minimum Gasteiger partial charge on any atom is -0.459 e. The lowest BCUT2D eigenvalue weighted by atomic mass is 10.4. The Hall–Kier alpha value is -1.40. The molecule has 0 radical (unpaired) electrons. The van der Waals surface area contributed by atoms with Gasteiger partial charge in [0.15, 0.2) is 0 Å². The SMILES string of the molecule is CCOC(=O)c1nc(-c2ccc(Cl)s2)no1. The molecule has 0 aliphatic rings. The van der Waals surface area contributed by atoms with Crippen LogP contribution in [0.5, 0.6) is 0 Å². The first-order valence-electron chi connectivity index (χ1n) is 4.47. The first-order valence-corrected chi connectivity index (χ1v) is 5.66. The molecule has 0 amide bonds. The van der Waals surface area contributed by atoms with Gasteiger partial charge in [-0.05, 0) is 19.1 Å². The fourth-order valence-corrected chi connectivity index (χ4v) is 2.00. The molecule has 7 heteroatoms. The van der Waals surface area contributed by atoms with Crippen molar-refractivity contribution in [1.29, 1.82) is 0 Å². The summed E-state index contributed by atoms with van der Waals surface area (Å²) in [6, 6.07) is 3.48. The Labute approximate surface area is 100.0 Å². The lowest BCUT2D eigenvalue weighted by molar-refractivity contribution is 0.0470. The van der Waals surface area contributed by atoms with E-state index >= 15 is 0 Å². The van der Waals surface area contributed by atoms with Crippen LogP contribution in [0.1, 0.15) is 17.6 Å². The Morgan fingerprint density at radius 2 is 2.44 bits per heavy atom. The molecule has 5 nitrogen and oxygen atoms in total. The second-order valence-electron chi connectivity index (χ2n) is 2.75. The maximum atomic E-state index is 11.3. The quantitative estimate of drug-likeness (QED) is 0.792. The highest BCUT2D eigenvalue weighted by molar-refractivity contribution is 7.19. The van der Waals surface area contributed by atoms with Crippen molar-refractivity contribution in [3.05, 3.63) is 22.4 Å². The van der Waals surface area contributed by atoms with E-state index in [0.717, 1.165) is 4.88 Å². The first-order chi connectivity index (χ1) is 7.70. The maximum absolute atomic E-state index is 11.3. The van der Waals surface area contributed by atoms with Crippen LogP contribution in [0.4, 0.5) is 0 Å². The molecule has 0 spiro atoms. The molecular weight excluding hydrogens is 252 g/mol. The molecule has 0 fully saturated rings. The molecule has 0 bridgehead atoms. The lowest BCUT2D eigenvalue weighted by Crippen LogP contribution is -2.04. The minimum absolute atomic E-state index is 0.152. The number of halogens is 1. The molecular formula is C9H7ClN2O3S. The van der Waals surface area contributed by atoms with Crippen molar-refractivity contribution in [1.82, 2.24) is 10.1 Å². The van der Waals surface area contributed by atoms with Gasteiger partial charge in [0, 0.05) is 0 Å². The van der Waals surface area contributed by atoms with Crippen molar-refractivity contribution in [2.24, 2.45) is 0 Å². The van der Waals surface area contributed by atoms with E-state index in [4.69, 9.17) is 20.9 Å². The van der Waals surface area contributed by atoms with Crippen LogP contribution in [0, 0.1) is 0 Å². The smallest absolute Gasteiger partial charge is 0.397 e. The van der Waals surface area contributed by atoms with E-state index in [-0.39, 0.29) is 12.5 Å². The van der Waals surface area contributed by atoms with Crippen LogP contribution in [-0.2, 0) is 4.74 Å². The zero-order valence-corrected chi connectivity index (χ0v) is 9.84. The van der Waals surface area contributed by atoms with E-state index in [1.165, 1.54) is 11.3 Å². The van der Waals surface area contributed by atoms with E-state index in [9.17, 15) is 4.79 Å². The van der Waals surface area contributed by atoms with Gasteiger partial charge in [0.2, 0.25) is 5.82 Å². The number of rotatable bonds is 3. The molecule has 2 rings (SSSR count). The third-order valence-corrected chi connectivity index (χ3v) is 2.90. The molecule has 16 heavy (non-hydrogen) atoms. The monoisotopic (exact) mass is 258 g/mol. The van der Waals surface area contributed by atoms with E-state index in [1.54, 1.807) is 19.1 Å². The van der Waals surface area contributed by atoms with Gasteiger partial charge >= 0.3 is 11.9 Å². The zero-order chi connectivity index (χ0) is 11.5. The Morgan fingerprint density at radius 1 is 1.62 bits per heavy atom.